The number of likely N-dealkylation sites (N-methyl/N-ethyl adjacent to an activating group) is 1. The molecule has 0 saturated carbocycles. The van der Waals surface area contributed by atoms with Gasteiger partial charge in [0.25, 0.3) is 5.91 Å². The van der Waals surface area contributed by atoms with Crippen molar-refractivity contribution in [3.8, 4) is 11.5 Å². The van der Waals surface area contributed by atoms with E-state index in [1.54, 1.807) is 21.0 Å². The van der Waals surface area contributed by atoms with Crippen LogP contribution in [0, 0.1) is 5.92 Å². The summed E-state index contributed by atoms with van der Waals surface area (Å²) >= 11 is 0. The van der Waals surface area contributed by atoms with Crippen molar-refractivity contribution in [2.24, 2.45) is 5.92 Å². The zero-order valence-electron chi connectivity index (χ0n) is 15.2. The van der Waals surface area contributed by atoms with Gasteiger partial charge in [0.1, 0.15) is 0 Å². The minimum atomic E-state index is -0.547. The van der Waals surface area contributed by atoms with Gasteiger partial charge in [-0.2, -0.15) is 0 Å². The van der Waals surface area contributed by atoms with Crippen LogP contribution in [0.15, 0.2) is 18.2 Å². The number of hydrogen-bond acceptors (Lipinski definition) is 4. The van der Waals surface area contributed by atoms with Crippen molar-refractivity contribution >= 4 is 5.91 Å². The van der Waals surface area contributed by atoms with Gasteiger partial charge in [-0.1, -0.05) is 19.9 Å². The van der Waals surface area contributed by atoms with Crippen LogP contribution in [0.25, 0.3) is 0 Å². The zero-order valence-corrected chi connectivity index (χ0v) is 15.2. The van der Waals surface area contributed by atoms with Gasteiger partial charge in [-0.3, -0.25) is 4.79 Å². The minimum Gasteiger partial charge on any atom is -0.490 e. The van der Waals surface area contributed by atoms with Gasteiger partial charge in [0.2, 0.25) is 0 Å². The van der Waals surface area contributed by atoms with E-state index in [1.807, 2.05) is 25.1 Å². The molecular weight excluding hydrogens is 292 g/mol. The highest BCUT2D eigenvalue weighted by atomic mass is 16.5. The van der Waals surface area contributed by atoms with Crippen LogP contribution < -0.4 is 14.8 Å². The van der Waals surface area contributed by atoms with E-state index in [0.717, 1.165) is 18.7 Å². The molecule has 1 aromatic carbocycles. The molecule has 0 heterocycles. The highest BCUT2D eigenvalue weighted by Gasteiger charge is 2.18. The Kier molecular flexibility index (Phi) is 7.89. The fourth-order valence-electron chi connectivity index (χ4n) is 2.14. The summed E-state index contributed by atoms with van der Waals surface area (Å²) < 4.78 is 11.5. The van der Waals surface area contributed by atoms with Gasteiger partial charge < -0.3 is 19.7 Å². The molecule has 0 bridgehead atoms. The summed E-state index contributed by atoms with van der Waals surface area (Å²) in [6, 6.07) is 5.84. The molecule has 0 saturated heterocycles. The molecule has 1 atom stereocenters. The van der Waals surface area contributed by atoms with Crippen LogP contribution in [0.1, 0.15) is 33.3 Å². The maximum absolute atomic E-state index is 11.9. The third-order valence-corrected chi connectivity index (χ3v) is 3.28. The largest absolute Gasteiger partial charge is 0.490 e. The molecule has 0 spiro atoms. The van der Waals surface area contributed by atoms with Crippen LogP contribution in [-0.4, -0.2) is 44.2 Å². The molecule has 5 nitrogen and oxygen atoms in total. The number of nitrogens with one attached hydrogen (secondary N) is 1. The van der Waals surface area contributed by atoms with Crippen molar-refractivity contribution in [2.75, 3.05) is 27.2 Å². The summed E-state index contributed by atoms with van der Waals surface area (Å²) in [5.41, 5.74) is 1.13. The molecule has 1 unspecified atom stereocenters. The molecule has 0 radical (unpaired) electrons. The van der Waals surface area contributed by atoms with Crippen LogP contribution in [0.4, 0.5) is 0 Å². The van der Waals surface area contributed by atoms with Gasteiger partial charge in [0.05, 0.1) is 6.61 Å². The fourth-order valence-corrected chi connectivity index (χ4v) is 2.14. The van der Waals surface area contributed by atoms with Gasteiger partial charge in [0.15, 0.2) is 17.6 Å². The van der Waals surface area contributed by atoms with Crippen LogP contribution in [0.2, 0.25) is 0 Å². The van der Waals surface area contributed by atoms with Crippen molar-refractivity contribution in [3.63, 3.8) is 0 Å². The Labute approximate surface area is 140 Å². The van der Waals surface area contributed by atoms with E-state index < -0.39 is 6.10 Å². The average molecular weight is 322 g/mol. The SMILES string of the molecule is CCOc1cc(CNCC(C)C)ccc1OC(C)C(=O)N(C)C. The van der Waals surface area contributed by atoms with Gasteiger partial charge in [-0.15, -0.1) is 0 Å². The highest BCUT2D eigenvalue weighted by Crippen LogP contribution is 2.29. The molecular formula is C18H30N2O3. The fraction of sp³-hybridized carbons (Fsp3) is 0.611. The number of ether oxygens (including phenoxy) is 2. The second-order valence-electron chi connectivity index (χ2n) is 6.23. The van der Waals surface area contributed by atoms with E-state index in [2.05, 4.69) is 19.2 Å². The summed E-state index contributed by atoms with van der Waals surface area (Å²) in [5, 5.41) is 3.41. The molecule has 130 valence electrons. The first-order valence-electron chi connectivity index (χ1n) is 8.19. The monoisotopic (exact) mass is 322 g/mol. The van der Waals surface area contributed by atoms with Crippen molar-refractivity contribution in [2.45, 2.75) is 40.3 Å². The Balaban J connectivity index is 2.80. The van der Waals surface area contributed by atoms with Crippen molar-refractivity contribution < 1.29 is 14.3 Å². The molecule has 0 aliphatic carbocycles. The molecule has 5 heteroatoms. The number of hydrogen-bond donors (Lipinski definition) is 1. The van der Waals surface area contributed by atoms with Crippen molar-refractivity contribution in [1.29, 1.82) is 0 Å². The lowest BCUT2D eigenvalue weighted by Crippen LogP contribution is -2.35. The third kappa shape index (κ3) is 6.48. The molecule has 1 aromatic rings. The lowest BCUT2D eigenvalue weighted by Gasteiger charge is -2.20. The molecule has 0 aliphatic rings. The number of benzene rings is 1. The molecule has 1 amide bonds. The van der Waals surface area contributed by atoms with Crippen LogP contribution in [0.5, 0.6) is 11.5 Å². The second kappa shape index (κ2) is 9.40. The highest BCUT2D eigenvalue weighted by molar-refractivity contribution is 5.80. The van der Waals surface area contributed by atoms with Crippen LogP contribution in [-0.2, 0) is 11.3 Å². The molecule has 0 aromatic heterocycles. The molecule has 0 aliphatic heterocycles. The van der Waals surface area contributed by atoms with Crippen molar-refractivity contribution in [1.82, 2.24) is 10.2 Å². The minimum absolute atomic E-state index is 0.0740. The lowest BCUT2D eigenvalue weighted by atomic mass is 10.1. The topological polar surface area (TPSA) is 50.8 Å². The maximum atomic E-state index is 11.9. The van der Waals surface area contributed by atoms with E-state index in [1.165, 1.54) is 4.90 Å². The Hall–Kier alpha value is -1.75. The summed E-state index contributed by atoms with van der Waals surface area (Å²) in [6.45, 7) is 10.3. The van der Waals surface area contributed by atoms with E-state index in [0.29, 0.717) is 24.0 Å². The summed E-state index contributed by atoms with van der Waals surface area (Å²) in [4.78, 5) is 13.5. The van der Waals surface area contributed by atoms with Crippen molar-refractivity contribution in [3.05, 3.63) is 23.8 Å². The first-order chi connectivity index (χ1) is 10.8. The Morgan fingerprint density at radius 2 is 1.91 bits per heavy atom. The average Bonchev–Trinajstić information content (AvgIpc) is 2.48. The lowest BCUT2D eigenvalue weighted by molar-refractivity contribution is -0.135. The summed E-state index contributed by atoms with van der Waals surface area (Å²) in [7, 11) is 3.43. The number of nitrogens with zero attached hydrogens (tertiary/aromatic N) is 1. The second-order valence-corrected chi connectivity index (χ2v) is 6.23. The molecule has 1 rings (SSSR count). The predicted octanol–water partition coefficient (Wildman–Crippen LogP) is 2.69. The Morgan fingerprint density at radius 1 is 1.22 bits per heavy atom. The first kappa shape index (κ1) is 19.3. The normalized spacial score (nSPS) is 12.1. The van der Waals surface area contributed by atoms with Gasteiger partial charge in [-0.05, 0) is 44.0 Å². The third-order valence-electron chi connectivity index (χ3n) is 3.28. The van der Waals surface area contributed by atoms with Crippen LogP contribution in [0.3, 0.4) is 0 Å². The summed E-state index contributed by atoms with van der Waals surface area (Å²) in [5.74, 6) is 1.81. The van der Waals surface area contributed by atoms with E-state index in [4.69, 9.17) is 9.47 Å². The quantitative estimate of drug-likeness (QED) is 0.759. The predicted molar refractivity (Wildman–Crippen MR) is 92.9 cm³/mol. The van der Waals surface area contributed by atoms with E-state index in [9.17, 15) is 4.79 Å². The smallest absolute Gasteiger partial charge is 0.262 e. The van der Waals surface area contributed by atoms with E-state index >= 15 is 0 Å². The summed E-state index contributed by atoms with van der Waals surface area (Å²) in [6.07, 6.45) is -0.547. The standard InChI is InChI=1S/C18H30N2O3/c1-7-22-17-10-15(12-19-11-13(2)3)8-9-16(17)23-14(4)18(21)20(5)6/h8-10,13-14,19H,7,11-12H2,1-6H3. The van der Waals surface area contributed by atoms with Gasteiger partial charge in [-0.25, -0.2) is 0 Å². The number of amides is 1. The maximum Gasteiger partial charge on any atom is 0.262 e. The first-order valence-corrected chi connectivity index (χ1v) is 8.19. The molecule has 0 fully saturated rings. The Bertz CT molecular complexity index is 501. The number of carbonyl (C=O) groups is 1. The van der Waals surface area contributed by atoms with Gasteiger partial charge >= 0.3 is 0 Å². The Morgan fingerprint density at radius 3 is 2.48 bits per heavy atom. The molecule has 23 heavy (non-hydrogen) atoms. The molecule has 1 N–H and O–H groups in total. The number of rotatable bonds is 9. The van der Waals surface area contributed by atoms with Crippen LogP contribution >= 0.6 is 0 Å². The van der Waals surface area contributed by atoms with Gasteiger partial charge in [0, 0.05) is 20.6 Å². The zero-order chi connectivity index (χ0) is 17.4. The van der Waals surface area contributed by atoms with E-state index in [-0.39, 0.29) is 5.91 Å². The number of carbonyl (C=O) groups excluding carboxylic acids is 1.